The third kappa shape index (κ3) is 12.5. The Hall–Kier alpha value is -0.810. The van der Waals surface area contributed by atoms with E-state index in [4.69, 9.17) is 0 Å². The summed E-state index contributed by atoms with van der Waals surface area (Å²) in [5.41, 5.74) is 0. The number of rotatable bonds is 9. The van der Waals surface area contributed by atoms with E-state index in [2.05, 4.69) is 45.2 Å². The van der Waals surface area contributed by atoms with Crippen molar-refractivity contribution in [2.75, 3.05) is 19.6 Å². The van der Waals surface area contributed by atoms with E-state index in [-0.39, 0.29) is 0 Å². The van der Waals surface area contributed by atoms with Gasteiger partial charge in [0.2, 0.25) is 0 Å². The van der Waals surface area contributed by atoms with Crippen LogP contribution in [0.2, 0.25) is 0 Å². The van der Waals surface area contributed by atoms with Crippen molar-refractivity contribution >= 4 is 0 Å². The molecular formula is C24H48N2. The van der Waals surface area contributed by atoms with Crippen molar-refractivity contribution < 1.29 is 0 Å². The molecule has 1 saturated heterocycles. The van der Waals surface area contributed by atoms with E-state index >= 15 is 0 Å². The average molecular weight is 365 g/mol. The third-order valence-corrected chi connectivity index (χ3v) is 5.48. The zero-order valence-corrected chi connectivity index (χ0v) is 19.1. The second kappa shape index (κ2) is 19.0. The van der Waals surface area contributed by atoms with E-state index in [1.54, 1.807) is 6.08 Å². The van der Waals surface area contributed by atoms with Gasteiger partial charge in [-0.1, -0.05) is 73.3 Å². The van der Waals surface area contributed by atoms with Gasteiger partial charge in [-0.15, -0.1) is 6.58 Å². The average Bonchev–Trinajstić information content (AvgIpc) is 2.67. The maximum Gasteiger partial charge on any atom is 0.0658 e. The topological polar surface area (TPSA) is 27.0 Å². The highest BCUT2D eigenvalue weighted by Gasteiger charge is 2.28. The van der Waals surface area contributed by atoms with Crippen LogP contribution in [-0.4, -0.2) is 24.5 Å². The lowest BCUT2D eigenvalue weighted by Gasteiger charge is -2.36. The van der Waals surface area contributed by atoms with E-state index in [0.717, 1.165) is 12.3 Å². The van der Waals surface area contributed by atoms with Gasteiger partial charge in [-0.05, 0) is 57.0 Å². The maximum atomic E-state index is 9.52. The molecule has 0 saturated carbocycles. The first-order chi connectivity index (χ1) is 12.6. The number of hydrogen-bond donors (Lipinski definition) is 0. The summed E-state index contributed by atoms with van der Waals surface area (Å²) >= 11 is 0. The summed E-state index contributed by atoms with van der Waals surface area (Å²) in [6, 6.07) is 2.62. The van der Waals surface area contributed by atoms with E-state index in [1.807, 2.05) is 20.8 Å². The van der Waals surface area contributed by atoms with Crippen LogP contribution >= 0.6 is 0 Å². The van der Waals surface area contributed by atoms with Gasteiger partial charge in [-0.2, -0.15) is 5.26 Å². The van der Waals surface area contributed by atoms with E-state index < -0.39 is 0 Å². The molecule has 1 aliphatic heterocycles. The number of piperidine rings is 1. The van der Waals surface area contributed by atoms with Crippen LogP contribution in [0.25, 0.3) is 0 Å². The molecular weight excluding hydrogens is 316 g/mol. The molecule has 0 aromatic rings. The van der Waals surface area contributed by atoms with Gasteiger partial charge in [-0.25, -0.2) is 0 Å². The Balaban J connectivity index is 0. The van der Waals surface area contributed by atoms with E-state index in [1.165, 1.54) is 58.2 Å². The van der Waals surface area contributed by atoms with Crippen molar-refractivity contribution in [3.05, 3.63) is 12.7 Å². The molecule has 0 aromatic heterocycles. The van der Waals surface area contributed by atoms with Gasteiger partial charge in [0, 0.05) is 12.5 Å². The third-order valence-electron chi connectivity index (χ3n) is 5.48. The molecule has 1 heterocycles. The van der Waals surface area contributed by atoms with Gasteiger partial charge in [0.25, 0.3) is 0 Å². The Morgan fingerprint density at radius 1 is 1.15 bits per heavy atom. The number of nitriles is 1. The Bertz CT molecular complexity index is 333. The molecule has 154 valence electrons. The fourth-order valence-corrected chi connectivity index (χ4v) is 3.84. The molecule has 0 amide bonds. The Morgan fingerprint density at radius 2 is 1.65 bits per heavy atom. The highest BCUT2D eigenvalue weighted by molar-refractivity contribution is 4.91. The molecule has 1 rings (SSSR count). The van der Waals surface area contributed by atoms with Crippen LogP contribution in [-0.2, 0) is 0 Å². The summed E-state index contributed by atoms with van der Waals surface area (Å²) in [4.78, 5) is 2.64. The van der Waals surface area contributed by atoms with Crippen molar-refractivity contribution in [1.29, 1.82) is 5.26 Å². The largest absolute Gasteiger partial charge is 0.303 e. The first-order valence-electron chi connectivity index (χ1n) is 11.2. The van der Waals surface area contributed by atoms with Crippen LogP contribution in [0, 0.1) is 35.0 Å². The second-order valence-corrected chi connectivity index (χ2v) is 7.59. The normalized spacial score (nSPS) is 17.2. The van der Waals surface area contributed by atoms with Crippen molar-refractivity contribution in [3.8, 4) is 6.07 Å². The highest BCUT2D eigenvalue weighted by atomic mass is 15.1. The van der Waals surface area contributed by atoms with Crippen molar-refractivity contribution in [3.63, 3.8) is 0 Å². The molecule has 2 atom stereocenters. The summed E-state index contributed by atoms with van der Waals surface area (Å²) in [7, 11) is 0. The van der Waals surface area contributed by atoms with Gasteiger partial charge >= 0.3 is 0 Å². The lowest BCUT2D eigenvalue weighted by atomic mass is 9.79. The van der Waals surface area contributed by atoms with Crippen LogP contribution in [0.5, 0.6) is 0 Å². The maximum absolute atomic E-state index is 9.52. The fraction of sp³-hybridized carbons (Fsp3) is 0.875. The smallest absolute Gasteiger partial charge is 0.0658 e. The molecule has 1 fully saturated rings. The molecule has 0 aliphatic carbocycles. The lowest BCUT2D eigenvalue weighted by Crippen LogP contribution is -2.38. The number of allylic oxidation sites excluding steroid dienone is 1. The van der Waals surface area contributed by atoms with Crippen LogP contribution in [0.3, 0.4) is 0 Å². The summed E-state index contributed by atoms with van der Waals surface area (Å²) in [6.07, 6.45) is 10.4. The predicted octanol–water partition coefficient (Wildman–Crippen LogP) is 7.32. The lowest BCUT2D eigenvalue weighted by molar-refractivity contribution is 0.134. The predicted molar refractivity (Wildman–Crippen MR) is 118 cm³/mol. The highest BCUT2D eigenvalue weighted by Crippen LogP contribution is 2.31. The quantitative estimate of drug-likeness (QED) is 0.401. The number of likely N-dealkylation sites (tertiary alicyclic amines) is 1. The molecule has 2 nitrogen and oxygen atoms in total. The Morgan fingerprint density at radius 3 is 2.04 bits per heavy atom. The molecule has 0 radical (unpaired) electrons. The summed E-state index contributed by atoms with van der Waals surface area (Å²) in [5, 5.41) is 9.52. The number of nitrogens with zero attached hydrogens (tertiary/aromatic N) is 2. The Labute approximate surface area is 166 Å². The zero-order chi connectivity index (χ0) is 20.4. The molecule has 0 bridgehead atoms. The zero-order valence-electron chi connectivity index (χ0n) is 19.1. The molecule has 2 heteroatoms. The van der Waals surface area contributed by atoms with Gasteiger partial charge in [-0.3, -0.25) is 0 Å². The van der Waals surface area contributed by atoms with Gasteiger partial charge in [0.1, 0.15) is 0 Å². The number of hydrogen-bond acceptors (Lipinski definition) is 2. The SMILES string of the molecule is C=CC.CC.CCCC(C)CC(C#N)C1CCN(CC(CC)CC)CC1. The van der Waals surface area contributed by atoms with Crippen molar-refractivity contribution in [2.24, 2.45) is 23.7 Å². The monoisotopic (exact) mass is 364 g/mol. The minimum Gasteiger partial charge on any atom is -0.303 e. The molecule has 0 aromatic carbocycles. The van der Waals surface area contributed by atoms with E-state index in [9.17, 15) is 5.26 Å². The van der Waals surface area contributed by atoms with Crippen molar-refractivity contribution in [1.82, 2.24) is 4.90 Å². The van der Waals surface area contributed by atoms with Crippen LogP contribution < -0.4 is 0 Å². The molecule has 1 aliphatic rings. The molecule has 0 N–H and O–H groups in total. The first kappa shape index (κ1) is 27.4. The van der Waals surface area contributed by atoms with E-state index in [0.29, 0.717) is 17.8 Å². The molecule has 0 spiro atoms. The van der Waals surface area contributed by atoms with Gasteiger partial charge in [0.05, 0.1) is 6.07 Å². The minimum atomic E-state index is 0.293. The second-order valence-electron chi connectivity index (χ2n) is 7.59. The summed E-state index contributed by atoms with van der Waals surface area (Å²) < 4.78 is 0. The minimum absolute atomic E-state index is 0.293. The molecule has 2 unspecified atom stereocenters. The summed E-state index contributed by atoms with van der Waals surface area (Å²) in [5.74, 6) is 2.51. The fourth-order valence-electron chi connectivity index (χ4n) is 3.84. The standard InChI is InChI=1S/C19H36N2.C3H6.C2H6/c1-5-8-16(4)13-19(14-20)18-9-11-21(12-10-18)15-17(6-2)7-3;1-3-2;1-2/h16-19H,5-13,15H2,1-4H3;3H,1H2,2H3;1-2H3. The van der Waals surface area contributed by atoms with Crippen molar-refractivity contribution in [2.45, 2.75) is 93.4 Å². The Kier molecular flexibility index (Phi) is 20.0. The van der Waals surface area contributed by atoms with Crippen LogP contribution in [0.15, 0.2) is 12.7 Å². The van der Waals surface area contributed by atoms with Crippen LogP contribution in [0.4, 0.5) is 0 Å². The molecule has 26 heavy (non-hydrogen) atoms. The van der Waals surface area contributed by atoms with Gasteiger partial charge in [0.15, 0.2) is 0 Å². The first-order valence-corrected chi connectivity index (χ1v) is 11.2. The van der Waals surface area contributed by atoms with Crippen LogP contribution in [0.1, 0.15) is 93.4 Å². The summed E-state index contributed by atoms with van der Waals surface area (Å²) in [6.45, 7) is 22.1. The van der Waals surface area contributed by atoms with Gasteiger partial charge < -0.3 is 4.90 Å².